The SMILES string of the molecule is CCOC(=O)c1c[nH]c2c1-c1nc(CC)sc1CC2.[HH]. The zero-order chi connectivity index (χ0) is 13.4. The Labute approximate surface area is 117 Å². The monoisotopic (exact) mass is 278 g/mol. The quantitative estimate of drug-likeness (QED) is 0.877. The summed E-state index contributed by atoms with van der Waals surface area (Å²) in [7, 11) is 0. The van der Waals surface area contributed by atoms with Crippen molar-refractivity contribution in [2.24, 2.45) is 0 Å². The number of rotatable bonds is 3. The highest BCUT2D eigenvalue weighted by atomic mass is 32.1. The first-order valence-electron chi connectivity index (χ1n) is 6.60. The van der Waals surface area contributed by atoms with Crippen LogP contribution in [0.4, 0.5) is 0 Å². The second-order valence-corrected chi connectivity index (χ2v) is 5.68. The number of carbonyl (C=O) groups is 1. The summed E-state index contributed by atoms with van der Waals surface area (Å²) in [5, 5.41) is 1.13. The zero-order valence-corrected chi connectivity index (χ0v) is 11.9. The van der Waals surface area contributed by atoms with Gasteiger partial charge >= 0.3 is 5.97 Å². The summed E-state index contributed by atoms with van der Waals surface area (Å²) in [6.45, 7) is 4.32. The smallest absolute Gasteiger partial charge is 0.340 e. The summed E-state index contributed by atoms with van der Waals surface area (Å²) < 4.78 is 5.12. The van der Waals surface area contributed by atoms with Gasteiger partial charge in [0.25, 0.3) is 0 Å². The number of hydrogen-bond acceptors (Lipinski definition) is 4. The van der Waals surface area contributed by atoms with Crippen LogP contribution in [-0.4, -0.2) is 22.5 Å². The Morgan fingerprint density at radius 2 is 2.37 bits per heavy atom. The van der Waals surface area contributed by atoms with Crippen molar-refractivity contribution < 1.29 is 11.0 Å². The lowest BCUT2D eigenvalue weighted by molar-refractivity contribution is 0.0527. The molecule has 0 amide bonds. The van der Waals surface area contributed by atoms with Crippen LogP contribution in [0.25, 0.3) is 11.3 Å². The first-order chi connectivity index (χ1) is 9.24. The van der Waals surface area contributed by atoms with Crippen molar-refractivity contribution in [3.8, 4) is 11.3 Å². The maximum atomic E-state index is 12.0. The fraction of sp³-hybridized carbons (Fsp3) is 0.429. The Kier molecular flexibility index (Phi) is 3.14. The predicted molar refractivity (Wildman–Crippen MR) is 76.8 cm³/mol. The first kappa shape index (κ1) is 12.4. The molecule has 1 N–H and O–H groups in total. The third-order valence-corrected chi connectivity index (χ3v) is 4.60. The fourth-order valence-electron chi connectivity index (χ4n) is 2.46. The third-order valence-electron chi connectivity index (χ3n) is 3.34. The number of nitrogens with zero attached hydrogens (tertiary/aromatic N) is 1. The lowest BCUT2D eigenvalue weighted by atomic mass is 9.97. The molecule has 5 heteroatoms. The van der Waals surface area contributed by atoms with Gasteiger partial charge < -0.3 is 9.72 Å². The number of H-pyrrole nitrogens is 1. The fourth-order valence-corrected chi connectivity index (χ4v) is 3.47. The lowest BCUT2D eigenvalue weighted by Crippen LogP contribution is -2.08. The van der Waals surface area contributed by atoms with Crippen LogP contribution in [0.2, 0.25) is 0 Å². The van der Waals surface area contributed by atoms with E-state index in [1.165, 1.54) is 4.88 Å². The van der Waals surface area contributed by atoms with E-state index in [0.29, 0.717) is 12.2 Å². The van der Waals surface area contributed by atoms with Gasteiger partial charge in [0.1, 0.15) is 0 Å². The number of fused-ring (bicyclic) bond motifs is 3. The Morgan fingerprint density at radius 1 is 1.53 bits per heavy atom. The van der Waals surface area contributed by atoms with Gasteiger partial charge in [-0.3, -0.25) is 0 Å². The summed E-state index contributed by atoms with van der Waals surface area (Å²) in [4.78, 5) is 21.2. The van der Waals surface area contributed by atoms with E-state index in [-0.39, 0.29) is 7.40 Å². The largest absolute Gasteiger partial charge is 0.462 e. The van der Waals surface area contributed by atoms with Crippen molar-refractivity contribution in [2.45, 2.75) is 33.1 Å². The summed E-state index contributed by atoms with van der Waals surface area (Å²) in [5.74, 6) is -0.265. The number of aryl methyl sites for hydroxylation is 3. The molecule has 4 nitrogen and oxygen atoms in total. The van der Waals surface area contributed by atoms with E-state index in [1.807, 2.05) is 6.92 Å². The average Bonchev–Trinajstić information content (AvgIpc) is 3.01. The van der Waals surface area contributed by atoms with Crippen LogP contribution in [-0.2, 0) is 24.0 Å². The van der Waals surface area contributed by atoms with Gasteiger partial charge in [0.2, 0.25) is 0 Å². The van der Waals surface area contributed by atoms with Crippen molar-refractivity contribution in [3.63, 3.8) is 0 Å². The Hall–Kier alpha value is -1.62. The average molecular weight is 278 g/mol. The van der Waals surface area contributed by atoms with Gasteiger partial charge in [0.05, 0.1) is 22.9 Å². The lowest BCUT2D eigenvalue weighted by Gasteiger charge is -2.12. The molecular weight excluding hydrogens is 260 g/mol. The van der Waals surface area contributed by atoms with Crippen LogP contribution in [0.5, 0.6) is 0 Å². The van der Waals surface area contributed by atoms with Crippen LogP contribution in [0.3, 0.4) is 0 Å². The van der Waals surface area contributed by atoms with E-state index in [1.54, 1.807) is 17.5 Å². The summed E-state index contributed by atoms with van der Waals surface area (Å²) >= 11 is 1.76. The van der Waals surface area contributed by atoms with Crippen LogP contribution in [0.1, 0.15) is 41.2 Å². The van der Waals surface area contributed by atoms with E-state index < -0.39 is 0 Å². The molecular formula is C14H18N2O2S. The minimum atomic E-state index is -0.265. The minimum absolute atomic E-state index is 0. The van der Waals surface area contributed by atoms with Gasteiger partial charge in [-0.15, -0.1) is 11.3 Å². The van der Waals surface area contributed by atoms with Crippen molar-refractivity contribution >= 4 is 17.3 Å². The second-order valence-electron chi connectivity index (χ2n) is 4.51. The normalized spacial score (nSPS) is 12.9. The number of hydrogen-bond donors (Lipinski definition) is 1. The molecule has 0 radical (unpaired) electrons. The van der Waals surface area contributed by atoms with E-state index in [2.05, 4.69) is 16.9 Å². The van der Waals surface area contributed by atoms with Gasteiger partial charge in [0, 0.05) is 23.8 Å². The number of esters is 1. The number of thiazole rings is 1. The van der Waals surface area contributed by atoms with Gasteiger partial charge in [-0.1, -0.05) is 6.92 Å². The molecule has 19 heavy (non-hydrogen) atoms. The molecule has 0 fully saturated rings. The van der Waals surface area contributed by atoms with E-state index in [4.69, 9.17) is 4.74 Å². The number of ether oxygens (including phenoxy) is 1. The van der Waals surface area contributed by atoms with Crippen molar-refractivity contribution in [1.29, 1.82) is 0 Å². The Morgan fingerprint density at radius 3 is 3.11 bits per heavy atom. The van der Waals surface area contributed by atoms with E-state index >= 15 is 0 Å². The Balaban J connectivity index is 0.00000147. The summed E-state index contributed by atoms with van der Waals surface area (Å²) in [6.07, 6.45) is 4.63. The molecule has 0 saturated heterocycles. The highest BCUT2D eigenvalue weighted by molar-refractivity contribution is 7.12. The molecule has 0 aromatic carbocycles. The van der Waals surface area contributed by atoms with Crippen LogP contribution in [0.15, 0.2) is 6.20 Å². The zero-order valence-electron chi connectivity index (χ0n) is 11.1. The molecule has 2 heterocycles. The predicted octanol–water partition coefficient (Wildman–Crippen LogP) is 3.22. The molecule has 2 aromatic rings. The molecule has 0 spiro atoms. The van der Waals surface area contributed by atoms with Crippen LogP contribution in [0, 0.1) is 0 Å². The molecule has 0 bridgehead atoms. The van der Waals surface area contributed by atoms with Crippen molar-refractivity contribution in [1.82, 2.24) is 9.97 Å². The maximum absolute atomic E-state index is 12.0. The summed E-state index contributed by atoms with van der Waals surface area (Å²) in [6, 6.07) is 0. The molecule has 0 unspecified atom stereocenters. The van der Waals surface area contributed by atoms with Gasteiger partial charge in [-0.05, 0) is 26.2 Å². The minimum Gasteiger partial charge on any atom is -0.462 e. The van der Waals surface area contributed by atoms with E-state index in [0.717, 1.165) is 41.2 Å². The molecule has 0 atom stereocenters. The Bertz CT molecular complexity index is 633. The van der Waals surface area contributed by atoms with E-state index in [9.17, 15) is 4.79 Å². The summed E-state index contributed by atoms with van der Waals surface area (Å²) in [5.41, 5.74) is 3.65. The van der Waals surface area contributed by atoms with Gasteiger partial charge in [-0.25, -0.2) is 9.78 Å². The van der Waals surface area contributed by atoms with Crippen LogP contribution >= 0.6 is 11.3 Å². The number of nitrogens with one attached hydrogen (secondary N) is 1. The van der Waals surface area contributed by atoms with Crippen molar-refractivity contribution in [3.05, 3.63) is 27.3 Å². The van der Waals surface area contributed by atoms with Gasteiger partial charge in [-0.2, -0.15) is 0 Å². The van der Waals surface area contributed by atoms with Crippen LogP contribution < -0.4 is 0 Å². The number of aromatic amines is 1. The molecule has 1 aliphatic rings. The highest BCUT2D eigenvalue weighted by Crippen LogP contribution is 2.38. The topological polar surface area (TPSA) is 55.0 Å². The van der Waals surface area contributed by atoms with Gasteiger partial charge in [0.15, 0.2) is 0 Å². The van der Waals surface area contributed by atoms with Crippen molar-refractivity contribution in [2.75, 3.05) is 6.61 Å². The molecule has 0 saturated carbocycles. The third kappa shape index (κ3) is 1.98. The molecule has 102 valence electrons. The molecule has 3 rings (SSSR count). The number of aromatic nitrogens is 2. The second kappa shape index (κ2) is 4.81. The molecule has 1 aliphatic carbocycles. The highest BCUT2D eigenvalue weighted by Gasteiger charge is 2.27. The first-order valence-corrected chi connectivity index (χ1v) is 7.42. The standard InChI is InChI=1S/C14H16N2O2S.H2/c1-3-11-16-13-10(19-11)6-5-9-12(13)8(7-15-9)14(17)18-4-2;/h7,15H,3-6H2,1-2H3;1H. The number of carbonyl (C=O) groups excluding carboxylic acids is 1. The maximum Gasteiger partial charge on any atom is 0.340 e. The molecule has 2 aromatic heterocycles. The molecule has 0 aliphatic heterocycles.